The molecule has 1 aromatic rings. The minimum atomic E-state index is -0.669. The molecular weight excluding hydrogens is 218 g/mol. The van der Waals surface area contributed by atoms with Crippen LogP contribution in [-0.2, 0) is 0 Å². The lowest BCUT2D eigenvalue weighted by atomic mass is 10.00. The highest BCUT2D eigenvalue weighted by molar-refractivity contribution is 4.99. The minimum Gasteiger partial charge on any atom is -0.391 e. The normalized spacial score (nSPS) is 22.1. The molecule has 1 aliphatic carbocycles. The molecule has 1 saturated carbocycles. The van der Waals surface area contributed by atoms with Crippen LogP contribution in [0, 0.1) is 0 Å². The van der Waals surface area contributed by atoms with E-state index in [0.717, 1.165) is 18.7 Å². The highest BCUT2D eigenvalue weighted by Gasteiger charge is 2.23. The molecule has 2 atom stereocenters. The first-order chi connectivity index (χ1) is 8.18. The first kappa shape index (κ1) is 12.5. The molecule has 5 nitrogen and oxygen atoms in total. The summed E-state index contributed by atoms with van der Waals surface area (Å²) < 4.78 is 5.14. The van der Waals surface area contributed by atoms with Crippen LogP contribution in [0.4, 0.5) is 0 Å². The smallest absolute Gasteiger partial charge is 0.246 e. The fourth-order valence-electron chi connectivity index (χ4n) is 2.29. The Morgan fingerprint density at radius 2 is 1.94 bits per heavy atom. The molecule has 0 aliphatic heterocycles. The van der Waals surface area contributed by atoms with Crippen molar-refractivity contribution in [1.29, 1.82) is 0 Å². The second-order valence-corrected chi connectivity index (χ2v) is 4.95. The number of hydrogen-bond donors (Lipinski definition) is 2. The number of hydrogen-bond acceptors (Lipinski definition) is 5. The van der Waals surface area contributed by atoms with Gasteiger partial charge in [-0.25, -0.2) is 0 Å². The number of aliphatic hydroxyl groups is 1. The molecule has 1 heterocycles. The van der Waals surface area contributed by atoms with Gasteiger partial charge in [-0.2, -0.15) is 4.98 Å². The maximum atomic E-state index is 9.39. The van der Waals surface area contributed by atoms with Gasteiger partial charge in [0.2, 0.25) is 5.89 Å². The largest absolute Gasteiger partial charge is 0.391 e. The van der Waals surface area contributed by atoms with Gasteiger partial charge in [0, 0.05) is 5.92 Å². The lowest BCUT2D eigenvalue weighted by Gasteiger charge is -2.09. The Labute approximate surface area is 101 Å². The summed E-state index contributed by atoms with van der Waals surface area (Å²) in [7, 11) is 0. The monoisotopic (exact) mass is 239 g/mol. The average Bonchev–Trinajstić information content (AvgIpc) is 2.64. The zero-order valence-electron chi connectivity index (χ0n) is 10.3. The SMILES string of the molecule is CC(O)C(N)c1nc(C2CCCCCC2)no1. The van der Waals surface area contributed by atoms with Crippen LogP contribution in [0.3, 0.4) is 0 Å². The molecule has 0 amide bonds. The van der Waals surface area contributed by atoms with Crippen LogP contribution in [0.2, 0.25) is 0 Å². The molecule has 5 heteroatoms. The molecule has 3 N–H and O–H groups in total. The van der Waals surface area contributed by atoms with Gasteiger partial charge in [-0.05, 0) is 19.8 Å². The topological polar surface area (TPSA) is 85.2 Å². The van der Waals surface area contributed by atoms with Crippen LogP contribution in [-0.4, -0.2) is 21.4 Å². The van der Waals surface area contributed by atoms with Gasteiger partial charge < -0.3 is 15.4 Å². The van der Waals surface area contributed by atoms with E-state index in [-0.39, 0.29) is 0 Å². The molecule has 1 fully saturated rings. The summed E-state index contributed by atoms with van der Waals surface area (Å²) >= 11 is 0. The van der Waals surface area contributed by atoms with E-state index in [2.05, 4.69) is 10.1 Å². The summed E-state index contributed by atoms with van der Waals surface area (Å²) in [6, 6.07) is -0.581. The van der Waals surface area contributed by atoms with Crippen molar-refractivity contribution in [1.82, 2.24) is 10.1 Å². The highest BCUT2D eigenvalue weighted by Crippen LogP contribution is 2.30. The van der Waals surface area contributed by atoms with Crippen LogP contribution < -0.4 is 5.73 Å². The van der Waals surface area contributed by atoms with Gasteiger partial charge in [0.1, 0.15) is 6.04 Å². The van der Waals surface area contributed by atoms with Crippen molar-refractivity contribution in [2.24, 2.45) is 5.73 Å². The van der Waals surface area contributed by atoms with E-state index in [1.54, 1.807) is 6.92 Å². The average molecular weight is 239 g/mol. The zero-order valence-corrected chi connectivity index (χ0v) is 10.3. The summed E-state index contributed by atoms with van der Waals surface area (Å²) in [4.78, 5) is 4.33. The Kier molecular flexibility index (Phi) is 4.12. The predicted molar refractivity (Wildman–Crippen MR) is 63.4 cm³/mol. The molecule has 17 heavy (non-hydrogen) atoms. The Morgan fingerprint density at radius 3 is 2.53 bits per heavy atom. The molecular formula is C12H21N3O2. The van der Waals surface area contributed by atoms with Crippen LogP contribution in [0.25, 0.3) is 0 Å². The minimum absolute atomic E-state index is 0.347. The lowest BCUT2D eigenvalue weighted by Crippen LogP contribution is -2.23. The molecule has 96 valence electrons. The first-order valence-electron chi connectivity index (χ1n) is 6.45. The molecule has 1 aromatic heterocycles. The second kappa shape index (κ2) is 5.60. The van der Waals surface area contributed by atoms with E-state index < -0.39 is 12.1 Å². The van der Waals surface area contributed by atoms with Gasteiger partial charge >= 0.3 is 0 Å². The Balaban J connectivity index is 2.06. The molecule has 2 rings (SSSR count). The van der Waals surface area contributed by atoms with E-state index >= 15 is 0 Å². The van der Waals surface area contributed by atoms with Crippen molar-refractivity contribution >= 4 is 0 Å². The maximum Gasteiger partial charge on any atom is 0.246 e. The maximum absolute atomic E-state index is 9.39. The summed E-state index contributed by atoms with van der Waals surface area (Å²) in [5.74, 6) is 1.51. The number of aromatic nitrogens is 2. The molecule has 0 radical (unpaired) electrons. The van der Waals surface area contributed by atoms with Crippen molar-refractivity contribution in [2.45, 2.75) is 63.5 Å². The second-order valence-electron chi connectivity index (χ2n) is 4.95. The Bertz CT molecular complexity index is 343. The van der Waals surface area contributed by atoms with Crippen molar-refractivity contribution in [3.63, 3.8) is 0 Å². The Hall–Kier alpha value is -0.940. The fourth-order valence-corrected chi connectivity index (χ4v) is 2.29. The van der Waals surface area contributed by atoms with E-state index in [0.29, 0.717) is 11.8 Å². The van der Waals surface area contributed by atoms with E-state index in [4.69, 9.17) is 10.3 Å². The Morgan fingerprint density at radius 1 is 1.29 bits per heavy atom. The van der Waals surface area contributed by atoms with Crippen LogP contribution in [0.15, 0.2) is 4.52 Å². The molecule has 0 aromatic carbocycles. The number of nitrogens with two attached hydrogens (primary N) is 1. The molecule has 0 bridgehead atoms. The number of aliphatic hydroxyl groups excluding tert-OH is 1. The van der Waals surface area contributed by atoms with Gasteiger partial charge in [-0.15, -0.1) is 0 Å². The van der Waals surface area contributed by atoms with Crippen molar-refractivity contribution in [3.8, 4) is 0 Å². The van der Waals surface area contributed by atoms with Gasteiger partial charge in [0.05, 0.1) is 6.10 Å². The lowest BCUT2D eigenvalue weighted by molar-refractivity contribution is 0.146. The highest BCUT2D eigenvalue weighted by atomic mass is 16.5. The van der Waals surface area contributed by atoms with Crippen molar-refractivity contribution < 1.29 is 9.63 Å². The first-order valence-corrected chi connectivity index (χ1v) is 6.45. The van der Waals surface area contributed by atoms with Crippen LogP contribution in [0.5, 0.6) is 0 Å². The number of rotatable bonds is 3. The zero-order chi connectivity index (χ0) is 12.3. The number of nitrogens with zero attached hydrogens (tertiary/aromatic N) is 2. The summed E-state index contributed by atoms with van der Waals surface area (Å²) in [6.07, 6.45) is 6.65. The molecule has 1 aliphatic rings. The van der Waals surface area contributed by atoms with Crippen LogP contribution >= 0.6 is 0 Å². The molecule has 0 spiro atoms. The third-order valence-corrected chi connectivity index (χ3v) is 3.48. The summed E-state index contributed by atoms with van der Waals surface area (Å²) in [5, 5.41) is 13.4. The van der Waals surface area contributed by atoms with E-state index in [9.17, 15) is 5.11 Å². The standard InChI is InChI=1S/C12H21N3O2/c1-8(16)10(13)12-14-11(15-17-12)9-6-4-2-3-5-7-9/h8-10,16H,2-7,13H2,1H3. The predicted octanol–water partition coefficient (Wildman–Crippen LogP) is 1.89. The van der Waals surface area contributed by atoms with Gasteiger partial charge in [0.15, 0.2) is 5.82 Å². The summed E-state index contributed by atoms with van der Waals surface area (Å²) in [5.41, 5.74) is 5.77. The quantitative estimate of drug-likeness (QED) is 0.787. The van der Waals surface area contributed by atoms with Gasteiger partial charge in [-0.1, -0.05) is 30.8 Å². The third kappa shape index (κ3) is 3.04. The molecule has 0 saturated heterocycles. The van der Waals surface area contributed by atoms with Crippen molar-refractivity contribution in [3.05, 3.63) is 11.7 Å². The van der Waals surface area contributed by atoms with Gasteiger partial charge in [-0.3, -0.25) is 0 Å². The summed E-state index contributed by atoms with van der Waals surface area (Å²) in [6.45, 7) is 1.63. The van der Waals surface area contributed by atoms with Crippen molar-refractivity contribution in [2.75, 3.05) is 0 Å². The van der Waals surface area contributed by atoms with E-state index in [1.807, 2.05) is 0 Å². The van der Waals surface area contributed by atoms with Gasteiger partial charge in [0.25, 0.3) is 0 Å². The van der Waals surface area contributed by atoms with Crippen LogP contribution in [0.1, 0.15) is 69.1 Å². The molecule has 2 unspecified atom stereocenters. The van der Waals surface area contributed by atoms with E-state index in [1.165, 1.54) is 25.7 Å². The fraction of sp³-hybridized carbons (Fsp3) is 0.833. The third-order valence-electron chi connectivity index (χ3n) is 3.48.